The minimum Gasteiger partial charge on any atom is -0.474 e. The highest BCUT2D eigenvalue weighted by atomic mass is 35.5. The predicted octanol–water partition coefficient (Wildman–Crippen LogP) is 4.51. The number of nitrogens with zero attached hydrogens (tertiary/aromatic N) is 3. The zero-order chi connectivity index (χ0) is 24.0. The summed E-state index contributed by atoms with van der Waals surface area (Å²) < 4.78 is 21.7. The van der Waals surface area contributed by atoms with E-state index in [1.54, 1.807) is 32.6 Å². The molecule has 5 rings (SSSR count). The van der Waals surface area contributed by atoms with Gasteiger partial charge in [-0.3, -0.25) is 4.79 Å². The van der Waals surface area contributed by atoms with Gasteiger partial charge in [0.25, 0.3) is 5.91 Å². The van der Waals surface area contributed by atoms with Crippen molar-refractivity contribution in [2.75, 3.05) is 31.7 Å². The zero-order valence-corrected chi connectivity index (χ0v) is 19.7. The summed E-state index contributed by atoms with van der Waals surface area (Å²) in [7, 11) is 3.10. The molecule has 1 saturated carbocycles. The molecule has 1 aromatic carbocycles. The van der Waals surface area contributed by atoms with Crippen LogP contribution in [-0.2, 0) is 5.41 Å². The third-order valence-corrected chi connectivity index (χ3v) is 7.11. The Morgan fingerprint density at radius 2 is 2.09 bits per heavy atom. The largest absolute Gasteiger partial charge is 0.474 e. The maximum Gasteiger partial charge on any atom is 0.258 e. The number of pyridine rings is 2. The number of nitrogens with one attached hydrogen (secondary N) is 1. The fraction of sp³-hybridized carbons (Fsp3) is 0.320. The van der Waals surface area contributed by atoms with E-state index in [0.29, 0.717) is 28.8 Å². The Balaban J connectivity index is 1.52. The van der Waals surface area contributed by atoms with Gasteiger partial charge < -0.3 is 20.7 Å². The average Bonchev–Trinajstić information content (AvgIpc) is 3.39. The molecule has 3 N–H and O–H groups in total. The van der Waals surface area contributed by atoms with Crippen LogP contribution in [-0.4, -0.2) is 47.5 Å². The molecule has 0 saturated heterocycles. The summed E-state index contributed by atoms with van der Waals surface area (Å²) in [6.07, 6.45) is 5.67. The minimum absolute atomic E-state index is 0.0139. The molecule has 1 amide bonds. The number of amides is 1. The Labute approximate surface area is 202 Å². The summed E-state index contributed by atoms with van der Waals surface area (Å²) in [6.45, 7) is 0.676. The van der Waals surface area contributed by atoms with Crippen molar-refractivity contribution >= 4 is 29.0 Å². The second-order valence-corrected chi connectivity index (χ2v) is 9.46. The van der Waals surface area contributed by atoms with Crippen molar-refractivity contribution in [1.82, 2.24) is 14.9 Å². The lowest BCUT2D eigenvalue weighted by molar-refractivity contribution is 0.0824. The molecule has 1 spiro atoms. The molecule has 2 aromatic heterocycles. The number of benzene rings is 1. The van der Waals surface area contributed by atoms with Gasteiger partial charge in [0.15, 0.2) is 0 Å². The number of hydrogen-bond donors (Lipinski definition) is 2. The number of halogens is 2. The number of ether oxygens (including phenoxy) is 1. The fourth-order valence-corrected chi connectivity index (χ4v) is 5.47. The molecule has 34 heavy (non-hydrogen) atoms. The first kappa shape index (κ1) is 22.4. The first-order valence-electron chi connectivity index (χ1n) is 11.1. The molecule has 2 aliphatic rings. The number of nitrogen functional groups attached to an aromatic ring is 1. The number of carbonyl (C=O) groups is 1. The SMILES string of the molecule is CN(C)C(=O)c1c(N)ccc(-c2cnc3c(c2Cl)[C@]2(CC[C@@H](Oc4ccccn4)C2)CN3)c1F. The van der Waals surface area contributed by atoms with Crippen molar-refractivity contribution in [1.29, 1.82) is 0 Å². The third kappa shape index (κ3) is 3.62. The molecule has 0 radical (unpaired) electrons. The van der Waals surface area contributed by atoms with Crippen molar-refractivity contribution in [2.45, 2.75) is 30.8 Å². The molecule has 0 unspecified atom stereocenters. The van der Waals surface area contributed by atoms with E-state index in [2.05, 4.69) is 15.3 Å². The zero-order valence-electron chi connectivity index (χ0n) is 18.9. The standard InChI is InChI=1S/C25H25ClFN5O2/c1-32(2)24(33)19-17(28)7-6-15(22(19)27)16-12-30-23-20(21(16)26)25(13-31-23)9-8-14(11-25)34-18-5-3-4-10-29-18/h3-7,10,12,14H,8-9,11,13,28H2,1-2H3,(H,30,31)/t14-,25+/m1/s1. The maximum absolute atomic E-state index is 15.6. The molecule has 7 nitrogen and oxygen atoms in total. The van der Waals surface area contributed by atoms with Crippen LogP contribution in [0.1, 0.15) is 35.2 Å². The van der Waals surface area contributed by atoms with Gasteiger partial charge in [-0.1, -0.05) is 17.7 Å². The highest BCUT2D eigenvalue weighted by Crippen LogP contribution is 2.52. The smallest absolute Gasteiger partial charge is 0.258 e. The lowest BCUT2D eigenvalue weighted by atomic mass is 9.80. The van der Waals surface area contributed by atoms with E-state index in [0.717, 1.165) is 24.8 Å². The summed E-state index contributed by atoms with van der Waals surface area (Å²) in [5.74, 6) is 0.0825. The number of anilines is 2. The molecule has 3 aromatic rings. The Morgan fingerprint density at radius 1 is 1.26 bits per heavy atom. The van der Waals surface area contributed by atoms with Gasteiger partial charge in [-0.15, -0.1) is 0 Å². The Bertz CT molecular complexity index is 1270. The maximum atomic E-state index is 15.6. The number of fused-ring (bicyclic) bond motifs is 2. The molecule has 2 atom stereocenters. The molecule has 1 aliphatic carbocycles. The third-order valence-electron chi connectivity index (χ3n) is 6.71. The van der Waals surface area contributed by atoms with Gasteiger partial charge in [0.2, 0.25) is 5.88 Å². The van der Waals surface area contributed by atoms with Gasteiger partial charge in [-0.2, -0.15) is 0 Å². The minimum atomic E-state index is -0.704. The predicted molar refractivity (Wildman–Crippen MR) is 130 cm³/mol. The van der Waals surface area contributed by atoms with Gasteiger partial charge >= 0.3 is 0 Å². The first-order chi connectivity index (χ1) is 16.3. The summed E-state index contributed by atoms with van der Waals surface area (Å²) in [4.78, 5) is 22.7. The Morgan fingerprint density at radius 3 is 2.82 bits per heavy atom. The number of carbonyl (C=O) groups excluding carboxylic acids is 1. The number of aromatic nitrogens is 2. The monoisotopic (exact) mass is 481 g/mol. The quantitative estimate of drug-likeness (QED) is 0.532. The van der Waals surface area contributed by atoms with Gasteiger partial charge in [-0.25, -0.2) is 14.4 Å². The van der Waals surface area contributed by atoms with Crippen molar-refractivity contribution < 1.29 is 13.9 Å². The molecule has 1 fully saturated rings. The number of hydrogen-bond acceptors (Lipinski definition) is 6. The lowest BCUT2D eigenvalue weighted by Gasteiger charge is -2.25. The topological polar surface area (TPSA) is 93.4 Å². The normalized spacial score (nSPS) is 20.8. The summed E-state index contributed by atoms with van der Waals surface area (Å²) >= 11 is 6.95. The molecule has 1 aliphatic heterocycles. The summed E-state index contributed by atoms with van der Waals surface area (Å²) in [5, 5.41) is 3.79. The van der Waals surface area contributed by atoms with Crippen LogP contribution in [0.2, 0.25) is 5.02 Å². The number of rotatable bonds is 4. The lowest BCUT2D eigenvalue weighted by Crippen LogP contribution is -2.27. The van der Waals surface area contributed by atoms with E-state index < -0.39 is 11.7 Å². The van der Waals surface area contributed by atoms with Gasteiger partial charge in [0.05, 0.1) is 10.6 Å². The van der Waals surface area contributed by atoms with Crippen molar-refractivity contribution in [3.8, 4) is 17.0 Å². The Kier molecular flexibility index (Phi) is 5.56. The van der Waals surface area contributed by atoms with E-state index in [4.69, 9.17) is 22.1 Å². The van der Waals surface area contributed by atoms with Crippen molar-refractivity contribution in [3.05, 3.63) is 64.7 Å². The van der Waals surface area contributed by atoms with Crippen LogP contribution in [0.15, 0.2) is 42.7 Å². The van der Waals surface area contributed by atoms with E-state index in [9.17, 15) is 4.79 Å². The molecule has 176 valence electrons. The second-order valence-electron chi connectivity index (χ2n) is 9.08. The molecule has 9 heteroatoms. The van der Waals surface area contributed by atoms with Crippen LogP contribution >= 0.6 is 11.6 Å². The Hall–Kier alpha value is -3.39. The van der Waals surface area contributed by atoms with Crippen molar-refractivity contribution in [3.63, 3.8) is 0 Å². The van der Waals surface area contributed by atoms with Gasteiger partial charge in [-0.05, 0) is 37.5 Å². The van der Waals surface area contributed by atoms with E-state index in [1.165, 1.54) is 11.0 Å². The van der Waals surface area contributed by atoms with Crippen LogP contribution in [0.5, 0.6) is 5.88 Å². The van der Waals surface area contributed by atoms with Crippen LogP contribution in [0.4, 0.5) is 15.9 Å². The van der Waals surface area contributed by atoms with Gasteiger partial charge in [0, 0.05) is 66.9 Å². The number of nitrogens with two attached hydrogens (primary N) is 1. The molecule has 0 bridgehead atoms. The van der Waals surface area contributed by atoms with E-state index in [1.807, 2.05) is 18.2 Å². The van der Waals surface area contributed by atoms with Crippen LogP contribution in [0.25, 0.3) is 11.1 Å². The molecular weight excluding hydrogens is 457 g/mol. The molecule has 3 heterocycles. The average molecular weight is 482 g/mol. The second kappa shape index (κ2) is 8.43. The molecular formula is C25H25ClFN5O2. The summed E-state index contributed by atoms with van der Waals surface area (Å²) in [6, 6.07) is 8.65. The fourth-order valence-electron chi connectivity index (χ4n) is 5.03. The highest BCUT2D eigenvalue weighted by Gasteiger charge is 2.48. The van der Waals surface area contributed by atoms with Crippen molar-refractivity contribution in [2.24, 2.45) is 0 Å². The first-order valence-corrected chi connectivity index (χ1v) is 11.5. The van der Waals surface area contributed by atoms with E-state index >= 15 is 4.39 Å². The van der Waals surface area contributed by atoms with Gasteiger partial charge in [0.1, 0.15) is 17.7 Å². The van der Waals surface area contributed by atoms with Crippen LogP contribution in [0.3, 0.4) is 0 Å². The van der Waals surface area contributed by atoms with E-state index in [-0.39, 0.29) is 28.3 Å². The van der Waals surface area contributed by atoms with Crippen LogP contribution < -0.4 is 15.8 Å². The summed E-state index contributed by atoms with van der Waals surface area (Å²) in [5.41, 5.74) is 7.07. The highest BCUT2D eigenvalue weighted by molar-refractivity contribution is 6.34. The van der Waals surface area contributed by atoms with Crippen LogP contribution in [0, 0.1) is 5.82 Å².